The summed E-state index contributed by atoms with van der Waals surface area (Å²) in [6.45, 7) is 23.4. The number of fused-ring (bicyclic) bond motifs is 6. The Morgan fingerprint density at radius 2 is 1.56 bits per heavy atom. The molecule has 0 spiro atoms. The van der Waals surface area contributed by atoms with E-state index in [1.165, 1.54) is 36.8 Å². The normalized spacial score (nSPS) is 35.1. The molecule has 1 aromatic carbocycles. The van der Waals surface area contributed by atoms with Crippen molar-refractivity contribution in [1.82, 2.24) is 0 Å². The molecule has 219 valence electrons. The van der Waals surface area contributed by atoms with E-state index in [1.807, 2.05) is 5.57 Å². The summed E-state index contributed by atoms with van der Waals surface area (Å²) in [5, 5.41) is 0. The monoisotopic (exact) mass is 665 g/mol. The molecule has 0 bridgehead atoms. The second-order valence-corrected chi connectivity index (χ2v) is 17.7. The fourth-order valence-electron chi connectivity index (χ4n) is 9.85. The molecule has 0 N–H and O–H groups in total. The Balaban J connectivity index is 0.00000194. The van der Waals surface area contributed by atoms with E-state index >= 15 is 0 Å². The number of hydrogen-bond acceptors (Lipinski definition) is 0. The molecule has 1 saturated carbocycles. The van der Waals surface area contributed by atoms with Gasteiger partial charge in [0.25, 0.3) is 0 Å². The fraction of sp³-hybridized carbons (Fsp3) is 0.579. The van der Waals surface area contributed by atoms with Crippen LogP contribution in [0.15, 0.2) is 76.9 Å². The van der Waals surface area contributed by atoms with Crippen LogP contribution in [-0.4, -0.2) is 0 Å². The first-order chi connectivity index (χ1) is 18.2. The van der Waals surface area contributed by atoms with Crippen LogP contribution in [0.1, 0.15) is 99.1 Å². The maximum atomic E-state index is 2.73. The minimum absolute atomic E-state index is 0. The summed E-state index contributed by atoms with van der Waals surface area (Å²) in [5.41, 5.74) is 12.0. The maximum Gasteiger partial charge on any atom is -1.00 e. The molecule has 0 radical (unpaired) electrons. The Morgan fingerprint density at radius 1 is 0.878 bits per heavy atom. The van der Waals surface area contributed by atoms with Gasteiger partial charge in [-0.2, -0.15) is 0 Å². The Bertz CT molecular complexity index is 1380. The van der Waals surface area contributed by atoms with Gasteiger partial charge in [-0.05, 0) is 0 Å². The quantitative estimate of drug-likeness (QED) is 0.440. The van der Waals surface area contributed by atoms with E-state index in [0.717, 1.165) is 6.42 Å². The number of hydrogen-bond donors (Lipinski definition) is 0. The summed E-state index contributed by atoms with van der Waals surface area (Å²) in [4.78, 5) is 0. The van der Waals surface area contributed by atoms with Gasteiger partial charge < -0.3 is 24.8 Å². The van der Waals surface area contributed by atoms with E-state index in [4.69, 9.17) is 0 Å². The van der Waals surface area contributed by atoms with Gasteiger partial charge in [0.2, 0.25) is 0 Å². The van der Waals surface area contributed by atoms with E-state index < -0.39 is 0 Å². The van der Waals surface area contributed by atoms with Crippen molar-refractivity contribution in [3.63, 3.8) is 0 Å². The first kappa shape index (κ1) is 33.3. The van der Waals surface area contributed by atoms with Crippen LogP contribution >= 0.6 is 0 Å². The number of allylic oxidation sites excluding steroid dienone is 10. The number of rotatable bonds is 4. The molecule has 41 heavy (non-hydrogen) atoms. The molecule has 0 heterocycles. The van der Waals surface area contributed by atoms with E-state index in [0.29, 0.717) is 17.8 Å². The van der Waals surface area contributed by atoms with Gasteiger partial charge in [0, 0.05) is 0 Å². The fourth-order valence-corrected chi connectivity index (χ4v) is 11.6. The van der Waals surface area contributed by atoms with E-state index in [2.05, 4.69) is 117 Å². The summed E-state index contributed by atoms with van der Waals surface area (Å²) >= 11 is 1.67. The van der Waals surface area contributed by atoms with Crippen molar-refractivity contribution in [2.24, 2.45) is 39.4 Å². The molecule has 5 aliphatic rings. The maximum absolute atomic E-state index is 2.73. The van der Waals surface area contributed by atoms with Gasteiger partial charge in [-0.3, -0.25) is 0 Å². The molecular weight excluding hydrogens is 619 g/mol. The molecule has 0 aromatic heterocycles. The van der Waals surface area contributed by atoms with Gasteiger partial charge in [-0.1, -0.05) is 0 Å². The predicted octanol–water partition coefficient (Wildman–Crippen LogP) is 4.63. The third-order valence-corrected chi connectivity index (χ3v) is 15.7. The summed E-state index contributed by atoms with van der Waals surface area (Å²) in [6.07, 6.45) is 18.9. The average Bonchev–Trinajstić information content (AvgIpc) is 3.50. The average molecular weight is 668 g/mol. The van der Waals surface area contributed by atoms with Crippen LogP contribution in [-0.2, 0) is 31.1 Å². The van der Waals surface area contributed by atoms with Gasteiger partial charge in [0.05, 0.1) is 0 Å². The van der Waals surface area contributed by atoms with Gasteiger partial charge in [-0.15, -0.1) is 0 Å². The van der Waals surface area contributed by atoms with Gasteiger partial charge >= 0.3 is 255 Å². The minimum atomic E-state index is 0. The summed E-state index contributed by atoms with van der Waals surface area (Å²) < 4.78 is 0.168. The van der Waals surface area contributed by atoms with E-state index in [-0.39, 0.29) is 49.6 Å². The Hall–Kier alpha value is -0.617. The first-order valence-corrected chi connectivity index (χ1v) is 16.8. The van der Waals surface area contributed by atoms with Gasteiger partial charge in [0.15, 0.2) is 0 Å². The molecule has 0 amide bonds. The van der Waals surface area contributed by atoms with Crippen molar-refractivity contribution in [1.29, 1.82) is 0 Å². The summed E-state index contributed by atoms with van der Waals surface area (Å²) in [6, 6.07) is 9.34. The van der Waals surface area contributed by atoms with Crippen LogP contribution in [0.25, 0.3) is 5.57 Å². The number of halogens is 2. The zero-order valence-electron chi connectivity index (χ0n) is 26.7. The van der Waals surface area contributed by atoms with Crippen molar-refractivity contribution < 1.29 is 49.5 Å². The van der Waals surface area contributed by atoms with Crippen LogP contribution < -0.4 is 24.8 Å². The summed E-state index contributed by atoms with van der Waals surface area (Å²) in [5.74, 6) is 1.65. The number of benzene rings is 1. The topological polar surface area (TPSA) is 0 Å². The van der Waals surface area contributed by atoms with Crippen molar-refractivity contribution in [3.05, 3.63) is 88.1 Å². The first-order valence-electron chi connectivity index (χ1n) is 15.6. The zero-order chi connectivity index (χ0) is 28.2. The molecule has 6 rings (SSSR count). The van der Waals surface area contributed by atoms with Crippen LogP contribution in [0.2, 0.25) is 3.12 Å². The van der Waals surface area contributed by atoms with Crippen LogP contribution in [0, 0.1) is 39.4 Å². The Morgan fingerprint density at radius 3 is 2.24 bits per heavy atom. The van der Waals surface area contributed by atoms with Crippen molar-refractivity contribution in [3.8, 4) is 0 Å². The van der Waals surface area contributed by atoms with Crippen LogP contribution in [0.3, 0.4) is 0 Å². The molecule has 3 heteroatoms. The smallest absolute Gasteiger partial charge is 1.00 e. The third kappa shape index (κ3) is 4.13. The zero-order valence-corrected chi connectivity index (χ0v) is 30.7. The second kappa shape index (κ2) is 10.8. The SMILES string of the molecule is CCCCC1=CC(C2CC=CC3=C4C(=C5[C](C)([Zr+2])C(C)(C)C(C)(C)C(C)(C)C5(C)C32)Cc2ccccc24)C=C1.[Cl-].[Cl-]. The van der Waals surface area contributed by atoms with E-state index in [1.54, 1.807) is 47.0 Å². The van der Waals surface area contributed by atoms with Gasteiger partial charge in [-0.25, -0.2) is 0 Å². The molecule has 5 aliphatic carbocycles. The van der Waals surface area contributed by atoms with Gasteiger partial charge in [0.1, 0.15) is 0 Å². The largest absolute Gasteiger partial charge is 1.00 e. The Labute approximate surface area is 278 Å². The van der Waals surface area contributed by atoms with Crippen LogP contribution in [0.5, 0.6) is 0 Å². The van der Waals surface area contributed by atoms with Crippen molar-refractivity contribution in [2.75, 3.05) is 0 Å². The van der Waals surface area contributed by atoms with E-state index in [9.17, 15) is 0 Å². The summed E-state index contributed by atoms with van der Waals surface area (Å²) in [7, 11) is 0. The molecule has 1 fully saturated rings. The number of unbranched alkanes of at least 4 members (excludes halogenated alkanes) is 1. The molecule has 5 unspecified atom stereocenters. The van der Waals surface area contributed by atoms with Crippen molar-refractivity contribution >= 4 is 5.57 Å². The van der Waals surface area contributed by atoms with Crippen molar-refractivity contribution in [2.45, 2.75) is 97.5 Å². The molecule has 0 nitrogen and oxygen atoms in total. The standard InChI is InChI=1S/C38H49.2ClH.Zr/c1-10-11-15-25-20-21-27(22-25)29-18-14-19-30-32-28-17-13-12-16-26(28)23-31(32)33-24(2)35(3,4)36(5,6)37(7,8)38(33,9)34(29)30;;;/h12-14,16-17,19-22,27,29,34H,10-11,15,18,23H2,1-9H3;2*1H;/q;;;+2/p-2. The molecule has 0 saturated heterocycles. The van der Waals surface area contributed by atoms with Crippen LogP contribution in [0.4, 0.5) is 0 Å². The molecule has 5 atom stereocenters. The third-order valence-electron chi connectivity index (χ3n) is 13.6. The molecule has 0 aliphatic heterocycles. The Kier molecular flexibility index (Phi) is 8.75. The predicted molar refractivity (Wildman–Crippen MR) is 163 cm³/mol. The minimum Gasteiger partial charge on any atom is -1.00 e. The molecular formula is C38H49Cl2Zr. The molecule has 1 aromatic rings. The second-order valence-electron chi connectivity index (χ2n) is 15.3.